The average Bonchev–Trinajstić information content (AvgIpc) is 0.905. The van der Waals surface area contributed by atoms with Crippen molar-refractivity contribution >= 4 is 68.0 Å². The first-order valence-electron chi connectivity index (χ1n) is 39.2. The number of benzene rings is 8. The highest BCUT2D eigenvalue weighted by Crippen LogP contribution is 2.35. The molecule has 8 aromatic carbocycles. The molecule has 5 heterocycles. The Bertz CT molecular complexity index is 5480. The van der Waals surface area contributed by atoms with Crippen LogP contribution in [0.4, 0.5) is 0 Å². The van der Waals surface area contributed by atoms with E-state index in [-0.39, 0.29) is 23.3 Å². The molecule has 0 saturated heterocycles. The number of thiophene rings is 1. The highest BCUT2D eigenvalue weighted by Gasteiger charge is 2.27. The molecule has 2 amide bonds. The summed E-state index contributed by atoms with van der Waals surface area (Å²) in [5, 5.41) is 14.0. The molecular weight excluding hydrogens is 1640 g/mol. The average molecular weight is 1740 g/mol. The van der Waals surface area contributed by atoms with Crippen molar-refractivity contribution in [3.05, 3.63) is 373 Å². The first-order valence-corrected chi connectivity index (χ1v) is 42.7. The van der Waals surface area contributed by atoms with Crippen molar-refractivity contribution in [2.45, 2.75) is 69.5 Å². The van der Waals surface area contributed by atoms with Gasteiger partial charge in [-0.2, -0.15) is 4.31 Å². The minimum atomic E-state index is -3.67. The first kappa shape index (κ1) is 92.4. The number of hydrogen-bond donors (Lipinski definition) is 1. The molecule has 0 aliphatic heterocycles. The van der Waals surface area contributed by atoms with Gasteiger partial charge in [0.1, 0.15) is 11.5 Å². The number of aromatic nitrogens is 4. The summed E-state index contributed by atoms with van der Waals surface area (Å²) in [6.07, 6.45) is 9.04. The molecule has 1 atom stereocenters. The van der Waals surface area contributed by atoms with Crippen LogP contribution in [-0.4, -0.2) is 147 Å². The molecule has 0 radical (unpaired) electrons. The van der Waals surface area contributed by atoms with Gasteiger partial charge in [0.2, 0.25) is 10.0 Å². The minimum Gasteiger partial charge on any atom is -0.493 e. The molecule has 5 aromatic heterocycles. The summed E-state index contributed by atoms with van der Waals surface area (Å²) >= 11 is 19.8. The standard InChI is InChI=1S/C30H32N2O3.C23H22Cl2N2O3.C22H24N2O4S.C21H21ClN2O3S/c1-34-30-20-25(15-16-29(30)35-23-24-10-4-2-5-11-24)21-32(19-17-27-14-8-9-18-31-27)22-28(33)26-12-6-3-7-13-26;1-29-21-9-6-16(13-22(21)30-2)15-27(12-10-18-5-3-4-11-26-18)23(28)19-8-7-17(24)14-20(19)25;1-27-21-12-11-18(16-22(21)28-2)17-24(15-13-19-8-6-7-14-23-19)29(25,26)20-9-4-3-5-10-20;1-26-18-7-6-15(13-19(18)27-2)14-24(11-8-16-5-3-4-10-23-16)21(25)20-17(22)9-12-28-20/h2-16,18,20,28,33H,17,19,21-23H2,1H3;3-9,11,13-14H,10,12,15H2,1-2H3;3-12,14,16H,13,15,17H2,1-2H3;3-7,9-10,12-13H,8,11,14H2,1-2H3. The Labute approximate surface area is 733 Å². The van der Waals surface area contributed by atoms with Crippen LogP contribution in [0.2, 0.25) is 15.1 Å². The molecule has 13 aromatic rings. The number of aliphatic hydroxyl groups excluding tert-OH is 1. The minimum absolute atomic E-state index is 0.0919. The van der Waals surface area contributed by atoms with Gasteiger partial charge in [-0.25, -0.2) is 8.42 Å². The van der Waals surface area contributed by atoms with Crippen molar-refractivity contribution in [2.24, 2.45) is 0 Å². The summed E-state index contributed by atoms with van der Waals surface area (Å²) in [6, 6.07) is 80.8. The predicted octanol–water partition coefficient (Wildman–Crippen LogP) is 19.0. The Balaban J connectivity index is 0.000000171. The quantitative estimate of drug-likeness (QED) is 0.0382. The van der Waals surface area contributed by atoms with Crippen LogP contribution in [0.5, 0.6) is 46.0 Å². The zero-order valence-electron chi connectivity index (χ0n) is 69.1. The topological polar surface area (TPSA) is 227 Å². The molecule has 0 bridgehead atoms. The number of nitrogens with zero attached hydrogens (tertiary/aromatic N) is 8. The van der Waals surface area contributed by atoms with Crippen molar-refractivity contribution in [1.29, 1.82) is 0 Å². The fourth-order valence-electron chi connectivity index (χ4n) is 12.9. The lowest BCUT2D eigenvalue weighted by Crippen LogP contribution is -2.33. The molecule has 1 N–H and O–H groups in total. The Morgan fingerprint density at radius 1 is 0.393 bits per heavy atom. The molecule has 0 fully saturated rings. The fourth-order valence-corrected chi connectivity index (χ4v) is 16.0. The molecule has 122 heavy (non-hydrogen) atoms. The molecule has 13 rings (SSSR count). The Morgan fingerprint density at radius 3 is 1.23 bits per heavy atom. The van der Waals surface area contributed by atoms with E-state index < -0.39 is 16.1 Å². The SMILES string of the molecule is COc1cc(CN(CCc2ccccn2)CC(O)c2ccccc2)ccc1OCc1ccccc1.COc1ccc(CN(CCc2ccccn2)C(=O)c2ccc(Cl)cc2Cl)cc1OC.COc1ccc(CN(CCc2ccccn2)C(=O)c2sccc2Cl)cc1OC.COc1ccc(CN(CCc2ccccn2)S(=O)(=O)c2ccccc2)cc1OC. The number of carbonyl (C=O) groups excluding carboxylic acids is 2. The van der Waals surface area contributed by atoms with E-state index in [2.05, 4.69) is 30.9 Å². The van der Waals surface area contributed by atoms with Crippen molar-refractivity contribution in [3.8, 4) is 46.0 Å². The van der Waals surface area contributed by atoms with E-state index in [4.69, 9.17) is 72.7 Å². The number of rotatable bonds is 37. The number of halogens is 3. The first-order chi connectivity index (χ1) is 59.4. The summed E-state index contributed by atoms with van der Waals surface area (Å²) in [6.45, 7) is 4.78. The predicted molar refractivity (Wildman–Crippen MR) is 480 cm³/mol. The molecule has 26 heteroatoms. The largest absolute Gasteiger partial charge is 0.493 e. The Morgan fingerprint density at radius 2 is 0.795 bits per heavy atom. The number of carbonyl (C=O) groups is 2. The van der Waals surface area contributed by atoms with Gasteiger partial charge in [0.15, 0.2) is 46.0 Å². The van der Waals surface area contributed by atoms with Crippen LogP contribution in [0.15, 0.2) is 296 Å². The van der Waals surface area contributed by atoms with Crippen LogP contribution in [0.1, 0.15) is 82.3 Å². The maximum absolute atomic E-state index is 13.3. The normalized spacial score (nSPS) is 11.1. The van der Waals surface area contributed by atoms with Crippen LogP contribution < -0.4 is 37.9 Å². The number of aliphatic hydroxyl groups is 1. The number of hydrogen-bond acceptors (Lipinski definition) is 19. The van der Waals surface area contributed by atoms with Crippen molar-refractivity contribution in [3.63, 3.8) is 0 Å². The van der Waals surface area contributed by atoms with E-state index >= 15 is 0 Å². The van der Waals surface area contributed by atoms with Crippen LogP contribution >= 0.6 is 46.1 Å². The lowest BCUT2D eigenvalue weighted by molar-refractivity contribution is 0.0739. The van der Waals surface area contributed by atoms with Gasteiger partial charge in [-0.15, -0.1) is 11.3 Å². The highest BCUT2D eigenvalue weighted by atomic mass is 35.5. The van der Waals surface area contributed by atoms with Gasteiger partial charge in [0.25, 0.3) is 11.8 Å². The van der Waals surface area contributed by atoms with Crippen LogP contribution in [0.3, 0.4) is 0 Å². The van der Waals surface area contributed by atoms with Gasteiger partial charge < -0.3 is 52.8 Å². The third kappa shape index (κ3) is 28.1. The summed E-state index contributed by atoms with van der Waals surface area (Å²) in [7, 11) is 7.47. The second kappa shape index (κ2) is 48.5. The third-order valence-electron chi connectivity index (χ3n) is 19.3. The van der Waals surface area contributed by atoms with E-state index in [1.54, 1.807) is 145 Å². The molecule has 1 unspecified atom stereocenters. The smallest absolute Gasteiger partial charge is 0.265 e. The van der Waals surface area contributed by atoms with E-state index in [1.807, 2.05) is 200 Å². The van der Waals surface area contributed by atoms with Crippen molar-refractivity contribution in [1.82, 2.24) is 38.9 Å². The van der Waals surface area contributed by atoms with Crippen molar-refractivity contribution in [2.75, 3.05) is 82.5 Å². The van der Waals surface area contributed by atoms with Crippen LogP contribution in [0, 0.1) is 0 Å². The maximum Gasteiger partial charge on any atom is 0.265 e. The van der Waals surface area contributed by atoms with E-state index in [1.165, 1.54) is 15.6 Å². The summed E-state index contributed by atoms with van der Waals surface area (Å²) in [5.41, 5.74) is 9.90. The zero-order chi connectivity index (χ0) is 86.4. The van der Waals surface area contributed by atoms with Gasteiger partial charge in [0, 0.05) is 137 Å². The Kier molecular flexibility index (Phi) is 36.7. The van der Waals surface area contributed by atoms with Crippen molar-refractivity contribution < 1.29 is 61.0 Å². The monoisotopic (exact) mass is 1740 g/mol. The summed E-state index contributed by atoms with van der Waals surface area (Å²) in [4.78, 5) is 50.5. The van der Waals surface area contributed by atoms with Gasteiger partial charge in [-0.1, -0.05) is 162 Å². The lowest BCUT2D eigenvalue weighted by Gasteiger charge is -2.26. The second-order valence-electron chi connectivity index (χ2n) is 27.6. The molecule has 0 aliphatic rings. The number of ether oxygens (including phenoxy) is 8. The summed E-state index contributed by atoms with van der Waals surface area (Å²) < 4.78 is 71.7. The molecule has 21 nitrogen and oxygen atoms in total. The molecule has 0 spiro atoms. The van der Waals surface area contributed by atoms with Gasteiger partial charge in [-0.05, 0) is 172 Å². The Hall–Kier alpha value is -11.9. The number of sulfonamides is 1. The lowest BCUT2D eigenvalue weighted by atomic mass is 10.1. The maximum atomic E-state index is 13.3. The molecule has 0 saturated carbocycles. The van der Waals surface area contributed by atoms with Crippen LogP contribution in [-0.2, 0) is 68.5 Å². The van der Waals surface area contributed by atoms with Gasteiger partial charge in [0.05, 0.1) is 76.4 Å². The molecular formula is C96H99Cl3N8O13S2. The highest BCUT2D eigenvalue weighted by molar-refractivity contribution is 7.89. The molecule has 634 valence electrons. The van der Waals surface area contributed by atoms with Crippen LogP contribution in [0.25, 0.3) is 0 Å². The van der Waals surface area contributed by atoms with E-state index in [0.29, 0.717) is 143 Å². The summed E-state index contributed by atoms with van der Waals surface area (Å²) in [5.74, 6) is 4.83. The number of amides is 2. The fraction of sp³-hybridized carbons (Fsp3) is 0.229. The number of methoxy groups -OCH3 is 7. The van der Waals surface area contributed by atoms with Gasteiger partial charge in [-0.3, -0.25) is 34.4 Å². The zero-order valence-corrected chi connectivity index (χ0v) is 73.0. The molecule has 0 aliphatic carbocycles. The van der Waals surface area contributed by atoms with Gasteiger partial charge >= 0.3 is 0 Å². The number of pyridine rings is 4. The third-order valence-corrected chi connectivity index (χ3v) is 23.1. The van der Waals surface area contributed by atoms with E-state index in [0.717, 1.165) is 69.1 Å². The second-order valence-corrected chi connectivity index (χ2v) is 31.7. The van der Waals surface area contributed by atoms with E-state index in [9.17, 15) is 23.1 Å².